The zero-order chi connectivity index (χ0) is 17.9. The number of nitrogens with zero attached hydrogens (tertiary/aromatic N) is 5. The zero-order valence-corrected chi connectivity index (χ0v) is 14.2. The van der Waals surface area contributed by atoms with Crippen LogP contribution in [0.5, 0.6) is 11.5 Å². The fourth-order valence-corrected chi connectivity index (χ4v) is 2.48. The molecule has 130 valence electrons. The molecule has 0 saturated heterocycles. The second kappa shape index (κ2) is 6.67. The first-order valence-electron chi connectivity index (χ1n) is 7.81. The first-order valence-corrected chi connectivity index (χ1v) is 7.81. The standard InChI is InChI=1S/C18H15N5O3/c1-24-13-5-6-14(15(10-13)25-2)18-21-17(22-26-18)12-4-7-16(19-11-12)23-9-3-8-20-23/h3-11H,1-2H3. The van der Waals surface area contributed by atoms with E-state index in [0.717, 1.165) is 5.56 Å². The Morgan fingerprint density at radius 3 is 2.69 bits per heavy atom. The number of rotatable bonds is 5. The van der Waals surface area contributed by atoms with Crippen molar-refractivity contribution in [1.29, 1.82) is 0 Å². The van der Waals surface area contributed by atoms with Crippen LogP contribution >= 0.6 is 0 Å². The van der Waals surface area contributed by atoms with E-state index in [1.165, 1.54) is 0 Å². The minimum atomic E-state index is 0.357. The van der Waals surface area contributed by atoms with E-state index in [9.17, 15) is 0 Å². The maximum absolute atomic E-state index is 5.40. The van der Waals surface area contributed by atoms with Crippen LogP contribution in [-0.2, 0) is 0 Å². The van der Waals surface area contributed by atoms with Gasteiger partial charge in [0.15, 0.2) is 5.82 Å². The van der Waals surface area contributed by atoms with Crippen LogP contribution < -0.4 is 9.47 Å². The molecule has 0 spiro atoms. The summed E-state index contributed by atoms with van der Waals surface area (Å²) in [5.41, 5.74) is 1.43. The van der Waals surface area contributed by atoms with Gasteiger partial charge in [-0.25, -0.2) is 9.67 Å². The third-order valence-electron chi connectivity index (χ3n) is 3.81. The lowest BCUT2D eigenvalue weighted by Crippen LogP contribution is -1.97. The molecule has 3 heterocycles. The molecule has 0 aliphatic rings. The van der Waals surface area contributed by atoms with Crippen LogP contribution in [0.25, 0.3) is 28.7 Å². The molecule has 1 aromatic carbocycles. The van der Waals surface area contributed by atoms with E-state index in [-0.39, 0.29) is 0 Å². The molecule has 4 aromatic rings. The normalized spacial score (nSPS) is 10.7. The van der Waals surface area contributed by atoms with E-state index < -0.39 is 0 Å². The van der Waals surface area contributed by atoms with Gasteiger partial charge in [-0.3, -0.25) is 0 Å². The number of benzene rings is 1. The Morgan fingerprint density at radius 1 is 1.08 bits per heavy atom. The quantitative estimate of drug-likeness (QED) is 0.547. The van der Waals surface area contributed by atoms with Gasteiger partial charge in [-0.1, -0.05) is 5.16 Å². The van der Waals surface area contributed by atoms with Crippen molar-refractivity contribution in [2.45, 2.75) is 0 Å². The van der Waals surface area contributed by atoms with E-state index in [0.29, 0.717) is 34.6 Å². The van der Waals surface area contributed by atoms with Gasteiger partial charge < -0.3 is 14.0 Å². The monoisotopic (exact) mass is 349 g/mol. The SMILES string of the molecule is COc1ccc(-c2nc(-c3ccc(-n4cccn4)nc3)no2)c(OC)c1. The number of methoxy groups -OCH3 is 2. The van der Waals surface area contributed by atoms with Crippen LogP contribution in [0, 0.1) is 0 Å². The van der Waals surface area contributed by atoms with Crippen molar-refractivity contribution in [3.05, 3.63) is 55.0 Å². The Labute approximate surface area is 149 Å². The third-order valence-corrected chi connectivity index (χ3v) is 3.81. The molecule has 0 aliphatic heterocycles. The highest BCUT2D eigenvalue weighted by Crippen LogP contribution is 2.33. The molecule has 0 N–H and O–H groups in total. The van der Waals surface area contributed by atoms with Crippen LogP contribution in [0.3, 0.4) is 0 Å². The summed E-state index contributed by atoms with van der Waals surface area (Å²) in [6, 6.07) is 10.9. The third kappa shape index (κ3) is 2.88. The van der Waals surface area contributed by atoms with E-state index in [4.69, 9.17) is 14.0 Å². The van der Waals surface area contributed by atoms with Gasteiger partial charge in [0, 0.05) is 30.2 Å². The molecule has 0 amide bonds. The average Bonchev–Trinajstić information content (AvgIpc) is 3.40. The fraction of sp³-hybridized carbons (Fsp3) is 0.111. The van der Waals surface area contributed by atoms with Crippen molar-refractivity contribution in [1.82, 2.24) is 24.9 Å². The highest BCUT2D eigenvalue weighted by atomic mass is 16.5. The largest absolute Gasteiger partial charge is 0.497 e. The van der Waals surface area contributed by atoms with Gasteiger partial charge in [-0.15, -0.1) is 0 Å². The van der Waals surface area contributed by atoms with E-state index in [1.807, 2.05) is 36.5 Å². The first kappa shape index (κ1) is 15.8. The Morgan fingerprint density at radius 2 is 2.00 bits per heavy atom. The fourth-order valence-electron chi connectivity index (χ4n) is 2.48. The van der Waals surface area contributed by atoms with Crippen LogP contribution in [0.1, 0.15) is 0 Å². The Hall–Kier alpha value is -3.68. The van der Waals surface area contributed by atoms with E-state index in [2.05, 4.69) is 20.2 Å². The molecule has 0 fully saturated rings. The minimum absolute atomic E-state index is 0.357. The lowest BCUT2D eigenvalue weighted by Gasteiger charge is -2.06. The number of hydrogen-bond donors (Lipinski definition) is 0. The summed E-state index contributed by atoms with van der Waals surface area (Å²) in [6.07, 6.45) is 5.20. The van der Waals surface area contributed by atoms with E-state index in [1.54, 1.807) is 37.4 Å². The lowest BCUT2D eigenvalue weighted by atomic mass is 10.2. The molecule has 8 nitrogen and oxygen atoms in total. The van der Waals surface area contributed by atoms with Crippen LogP contribution in [0.15, 0.2) is 59.5 Å². The highest BCUT2D eigenvalue weighted by molar-refractivity contribution is 5.66. The maximum Gasteiger partial charge on any atom is 0.262 e. The predicted molar refractivity (Wildman–Crippen MR) is 93.2 cm³/mol. The number of hydrogen-bond acceptors (Lipinski definition) is 7. The van der Waals surface area contributed by atoms with Crippen LogP contribution in [-0.4, -0.2) is 39.1 Å². The maximum atomic E-state index is 5.40. The van der Waals surface area contributed by atoms with Crippen molar-refractivity contribution >= 4 is 0 Å². The molecule has 0 bridgehead atoms. The Kier molecular flexibility index (Phi) is 4.06. The van der Waals surface area contributed by atoms with Crippen molar-refractivity contribution in [2.24, 2.45) is 0 Å². The topological polar surface area (TPSA) is 88.1 Å². The summed E-state index contributed by atoms with van der Waals surface area (Å²) in [5.74, 6) is 2.78. The highest BCUT2D eigenvalue weighted by Gasteiger charge is 2.16. The van der Waals surface area contributed by atoms with Gasteiger partial charge in [0.1, 0.15) is 11.5 Å². The van der Waals surface area contributed by atoms with Crippen molar-refractivity contribution in [3.63, 3.8) is 0 Å². The Balaban J connectivity index is 1.64. The summed E-state index contributed by atoms with van der Waals surface area (Å²) in [4.78, 5) is 8.82. The molecule has 8 heteroatoms. The first-order chi connectivity index (χ1) is 12.8. The van der Waals surface area contributed by atoms with Crippen molar-refractivity contribution in [3.8, 4) is 40.2 Å². The molecule has 0 unspecified atom stereocenters. The van der Waals surface area contributed by atoms with Gasteiger partial charge in [-0.05, 0) is 30.3 Å². The summed E-state index contributed by atoms with van der Waals surface area (Å²) in [5, 5.41) is 8.18. The number of ether oxygens (including phenoxy) is 2. The molecule has 0 saturated carbocycles. The second-order valence-electron chi connectivity index (χ2n) is 5.35. The predicted octanol–water partition coefficient (Wildman–Crippen LogP) is 3.00. The summed E-state index contributed by atoms with van der Waals surface area (Å²) < 4.78 is 17.7. The van der Waals surface area contributed by atoms with E-state index >= 15 is 0 Å². The minimum Gasteiger partial charge on any atom is -0.497 e. The summed E-state index contributed by atoms with van der Waals surface area (Å²) >= 11 is 0. The molecule has 3 aromatic heterocycles. The summed E-state index contributed by atoms with van der Waals surface area (Å²) in [7, 11) is 3.17. The summed E-state index contributed by atoms with van der Waals surface area (Å²) in [6.45, 7) is 0. The van der Waals surface area contributed by atoms with Gasteiger partial charge in [0.05, 0.1) is 19.8 Å². The van der Waals surface area contributed by atoms with Crippen molar-refractivity contribution < 1.29 is 14.0 Å². The van der Waals surface area contributed by atoms with Gasteiger partial charge >= 0.3 is 0 Å². The van der Waals surface area contributed by atoms with Gasteiger partial charge in [0.25, 0.3) is 5.89 Å². The van der Waals surface area contributed by atoms with Gasteiger partial charge in [-0.2, -0.15) is 10.1 Å². The lowest BCUT2D eigenvalue weighted by molar-refractivity contribution is 0.391. The number of aromatic nitrogens is 5. The zero-order valence-electron chi connectivity index (χ0n) is 14.2. The van der Waals surface area contributed by atoms with Crippen LogP contribution in [0.4, 0.5) is 0 Å². The van der Waals surface area contributed by atoms with Crippen LogP contribution in [0.2, 0.25) is 0 Å². The molecule has 0 aliphatic carbocycles. The Bertz CT molecular complexity index is 1010. The molecule has 4 rings (SSSR count). The van der Waals surface area contributed by atoms with Gasteiger partial charge in [0.2, 0.25) is 5.82 Å². The second-order valence-corrected chi connectivity index (χ2v) is 5.35. The average molecular weight is 349 g/mol. The molecule has 0 atom stereocenters. The molecule has 26 heavy (non-hydrogen) atoms. The molecular formula is C18H15N5O3. The molecule has 0 radical (unpaired) electrons. The number of pyridine rings is 1. The van der Waals surface area contributed by atoms with Crippen molar-refractivity contribution in [2.75, 3.05) is 14.2 Å². The molecular weight excluding hydrogens is 334 g/mol. The smallest absolute Gasteiger partial charge is 0.262 e.